The largest absolute Gasteiger partial charge is 0.497 e. The summed E-state index contributed by atoms with van der Waals surface area (Å²) in [6.45, 7) is 0.573. The minimum Gasteiger partial charge on any atom is -0.497 e. The van der Waals surface area contributed by atoms with Crippen molar-refractivity contribution in [3.05, 3.63) is 70.4 Å². The summed E-state index contributed by atoms with van der Waals surface area (Å²) in [5.41, 5.74) is 2.72. The van der Waals surface area contributed by atoms with Gasteiger partial charge in [-0.25, -0.2) is 4.68 Å². The van der Waals surface area contributed by atoms with Crippen LogP contribution >= 0.6 is 0 Å². The maximum Gasteiger partial charge on any atom is 0.389 e. The second-order valence-corrected chi connectivity index (χ2v) is 11.4. The lowest BCUT2D eigenvalue weighted by atomic mass is 9.82. The van der Waals surface area contributed by atoms with Crippen LogP contribution in [-0.2, 0) is 24.9 Å². The number of methoxy groups -OCH3 is 1. The monoisotopic (exact) mass is 582 g/mol. The van der Waals surface area contributed by atoms with Crippen molar-refractivity contribution in [3.63, 3.8) is 0 Å². The molecule has 0 radical (unpaired) electrons. The number of ether oxygens (including phenoxy) is 2. The van der Waals surface area contributed by atoms with Crippen LogP contribution in [0.3, 0.4) is 0 Å². The second-order valence-electron chi connectivity index (χ2n) is 11.4. The number of rotatable bonds is 10. The predicted molar refractivity (Wildman–Crippen MR) is 149 cm³/mol. The van der Waals surface area contributed by atoms with E-state index in [1.165, 1.54) is 20.0 Å². The lowest BCUT2D eigenvalue weighted by molar-refractivity contribution is -0.136. The van der Waals surface area contributed by atoms with E-state index in [0.29, 0.717) is 65.9 Å². The van der Waals surface area contributed by atoms with E-state index < -0.39 is 18.1 Å². The Labute approximate surface area is 241 Å². The highest BCUT2D eigenvalue weighted by Gasteiger charge is 2.46. The summed E-state index contributed by atoms with van der Waals surface area (Å²) in [4.78, 5) is 27.0. The molecule has 1 saturated carbocycles. The molecular weight excluding hydrogens is 549 g/mol. The van der Waals surface area contributed by atoms with Crippen molar-refractivity contribution in [2.24, 2.45) is 5.92 Å². The van der Waals surface area contributed by atoms with Crippen LogP contribution in [0.25, 0.3) is 0 Å². The Balaban J connectivity index is 1.24. The summed E-state index contributed by atoms with van der Waals surface area (Å²) in [6.07, 6.45) is -0.0996. The van der Waals surface area contributed by atoms with Crippen LogP contribution in [-0.4, -0.2) is 41.5 Å². The van der Waals surface area contributed by atoms with Gasteiger partial charge in [-0.1, -0.05) is 25.0 Å². The van der Waals surface area contributed by atoms with Gasteiger partial charge in [0.25, 0.3) is 11.8 Å². The third kappa shape index (κ3) is 5.82. The van der Waals surface area contributed by atoms with E-state index in [1.807, 2.05) is 12.1 Å². The molecule has 3 aliphatic rings. The van der Waals surface area contributed by atoms with E-state index in [9.17, 15) is 22.8 Å². The number of hydrogen-bond acceptors (Lipinski definition) is 5. The number of nitrogens with one attached hydrogen (secondary N) is 2. The number of carbonyl (C=O) groups excluding carboxylic acids is 2. The number of aryl methyl sites for hydroxylation is 2. The normalized spacial score (nSPS) is 19.3. The highest BCUT2D eigenvalue weighted by Crippen LogP contribution is 2.44. The number of nitrogens with zero attached hydrogens (tertiary/aromatic N) is 2. The number of aromatic nitrogens is 2. The molecule has 1 spiro atoms. The molecule has 1 fully saturated rings. The van der Waals surface area contributed by atoms with Crippen LogP contribution in [0.15, 0.2) is 42.5 Å². The molecule has 42 heavy (non-hydrogen) atoms. The average molecular weight is 583 g/mol. The molecule has 8 nitrogen and oxygen atoms in total. The van der Waals surface area contributed by atoms with Gasteiger partial charge in [0, 0.05) is 24.9 Å². The smallest absolute Gasteiger partial charge is 0.389 e. The van der Waals surface area contributed by atoms with E-state index in [1.54, 1.807) is 35.0 Å². The summed E-state index contributed by atoms with van der Waals surface area (Å²) in [6, 6.07) is 12.3. The second kappa shape index (κ2) is 11.0. The van der Waals surface area contributed by atoms with E-state index >= 15 is 0 Å². The molecule has 0 unspecified atom stereocenters. The van der Waals surface area contributed by atoms with Crippen molar-refractivity contribution in [3.8, 4) is 11.5 Å². The number of benzene rings is 2. The number of hydrogen-bond donors (Lipinski definition) is 2. The van der Waals surface area contributed by atoms with Gasteiger partial charge < -0.3 is 20.1 Å². The molecule has 1 aliphatic heterocycles. The number of carbonyl (C=O) groups is 2. The van der Waals surface area contributed by atoms with Crippen LogP contribution in [0.4, 0.5) is 19.0 Å². The third-order valence-corrected chi connectivity index (χ3v) is 8.37. The van der Waals surface area contributed by atoms with Gasteiger partial charge in [-0.2, -0.15) is 18.3 Å². The van der Waals surface area contributed by atoms with E-state index in [0.717, 1.165) is 17.5 Å². The lowest BCUT2D eigenvalue weighted by Gasteiger charge is -2.35. The van der Waals surface area contributed by atoms with Crippen molar-refractivity contribution in [2.45, 2.75) is 69.6 Å². The quantitative estimate of drug-likeness (QED) is 0.295. The van der Waals surface area contributed by atoms with Gasteiger partial charge in [0.2, 0.25) is 0 Å². The standard InChI is InChI=1S/C31H33F3N4O4/c1-41-22-5-2-4-21(17-22)28(39)35-27-26-25(37-38(27)14-11-19-6-7-19)18-30(36-29(26)40)13-10-20-16-23(8-9-24(20)30)42-15-3-12-31(32,33)34/h2,4-5,8-9,16-17,19H,3,6-7,10-15,18H2,1H3,(H,35,39)(H,36,40)/t30-/m0/s1. The zero-order valence-electron chi connectivity index (χ0n) is 23.4. The molecule has 0 bridgehead atoms. The fourth-order valence-corrected chi connectivity index (χ4v) is 6.02. The highest BCUT2D eigenvalue weighted by molar-refractivity contribution is 6.09. The number of halogens is 3. The molecule has 1 aromatic heterocycles. The Morgan fingerprint density at radius 1 is 1.19 bits per heavy atom. The van der Waals surface area contributed by atoms with Crippen LogP contribution in [0.2, 0.25) is 0 Å². The van der Waals surface area contributed by atoms with Crippen LogP contribution in [0.1, 0.15) is 76.1 Å². The van der Waals surface area contributed by atoms with Crippen LogP contribution < -0.4 is 20.1 Å². The fraction of sp³-hybridized carbons (Fsp3) is 0.452. The molecule has 3 aromatic rings. The van der Waals surface area contributed by atoms with Crippen molar-refractivity contribution in [1.82, 2.24) is 15.1 Å². The van der Waals surface area contributed by atoms with Crippen molar-refractivity contribution in [2.75, 3.05) is 19.0 Å². The maximum absolute atomic E-state index is 13.7. The highest BCUT2D eigenvalue weighted by atomic mass is 19.4. The van der Waals surface area contributed by atoms with E-state index in [-0.39, 0.29) is 24.8 Å². The van der Waals surface area contributed by atoms with E-state index in [2.05, 4.69) is 10.6 Å². The molecule has 11 heteroatoms. The lowest BCUT2D eigenvalue weighted by Crippen LogP contribution is -2.49. The summed E-state index contributed by atoms with van der Waals surface area (Å²) in [7, 11) is 1.54. The first kappa shape index (κ1) is 28.1. The Morgan fingerprint density at radius 2 is 2.02 bits per heavy atom. The Morgan fingerprint density at radius 3 is 2.79 bits per heavy atom. The Kier molecular flexibility index (Phi) is 7.36. The molecule has 0 saturated heterocycles. The summed E-state index contributed by atoms with van der Waals surface area (Å²) in [5.74, 6) is 1.46. The Bertz CT molecular complexity index is 1510. The summed E-state index contributed by atoms with van der Waals surface area (Å²) >= 11 is 0. The van der Waals surface area contributed by atoms with Crippen LogP contribution in [0.5, 0.6) is 11.5 Å². The topological polar surface area (TPSA) is 94.5 Å². The van der Waals surface area contributed by atoms with Crippen molar-refractivity contribution in [1.29, 1.82) is 0 Å². The minimum absolute atomic E-state index is 0.0217. The third-order valence-electron chi connectivity index (χ3n) is 8.37. The summed E-state index contributed by atoms with van der Waals surface area (Å²) < 4.78 is 50.0. The first-order valence-electron chi connectivity index (χ1n) is 14.3. The Hall–Kier alpha value is -4.02. The van der Waals surface area contributed by atoms with Gasteiger partial charge in [-0.05, 0) is 73.1 Å². The minimum atomic E-state index is -4.20. The van der Waals surface area contributed by atoms with Crippen molar-refractivity contribution < 1.29 is 32.2 Å². The van der Waals surface area contributed by atoms with Gasteiger partial charge in [-0.3, -0.25) is 9.59 Å². The van der Waals surface area contributed by atoms with Gasteiger partial charge >= 0.3 is 6.18 Å². The molecule has 6 rings (SSSR count). The van der Waals surface area contributed by atoms with Gasteiger partial charge in [0.05, 0.1) is 24.9 Å². The SMILES string of the molecule is COc1cccc(C(=O)Nc2c3c(nn2CCC2CC2)C[C@]2(CCc4cc(OCCCC(F)(F)F)ccc42)NC3=O)c1. The van der Waals surface area contributed by atoms with E-state index in [4.69, 9.17) is 14.6 Å². The van der Waals surface area contributed by atoms with Crippen molar-refractivity contribution >= 4 is 17.6 Å². The molecule has 222 valence electrons. The number of fused-ring (bicyclic) bond motifs is 3. The molecule has 2 aliphatic carbocycles. The molecule has 1 atom stereocenters. The molecule has 2 N–H and O–H groups in total. The molecule has 2 heterocycles. The first-order valence-corrected chi connectivity index (χ1v) is 14.3. The molecule has 2 aromatic carbocycles. The maximum atomic E-state index is 13.7. The van der Waals surface area contributed by atoms with Gasteiger partial charge in [0.1, 0.15) is 22.9 Å². The number of alkyl halides is 3. The average Bonchev–Trinajstić information content (AvgIpc) is 3.65. The molecule has 2 amide bonds. The number of anilines is 1. The zero-order chi connectivity index (χ0) is 29.5. The predicted octanol–water partition coefficient (Wildman–Crippen LogP) is 5.79. The van der Waals surface area contributed by atoms with Gasteiger partial charge in [0.15, 0.2) is 0 Å². The summed E-state index contributed by atoms with van der Waals surface area (Å²) in [5, 5.41) is 11.0. The first-order chi connectivity index (χ1) is 20.1. The fourth-order valence-electron chi connectivity index (χ4n) is 6.02. The zero-order valence-corrected chi connectivity index (χ0v) is 23.4. The van der Waals surface area contributed by atoms with Gasteiger partial charge in [-0.15, -0.1) is 0 Å². The molecular formula is C31H33F3N4O4. The van der Waals surface area contributed by atoms with Crippen LogP contribution in [0, 0.1) is 5.92 Å². The number of amides is 2.